The largest absolute Gasteiger partial charge is 0.327 e. The van der Waals surface area contributed by atoms with Crippen LogP contribution in [-0.2, 0) is 13.1 Å². The molecular weight excluding hydrogens is 236 g/mol. The molecule has 1 aliphatic heterocycles. The molecular formula is C15H28N4. The minimum atomic E-state index is 0.209. The van der Waals surface area contributed by atoms with E-state index in [-0.39, 0.29) is 5.41 Å². The monoisotopic (exact) mass is 264 g/mol. The summed E-state index contributed by atoms with van der Waals surface area (Å²) in [6.07, 6.45) is 1.09. The van der Waals surface area contributed by atoms with Gasteiger partial charge >= 0.3 is 0 Å². The normalized spacial score (nSPS) is 23.8. The van der Waals surface area contributed by atoms with Crippen molar-refractivity contribution in [1.29, 1.82) is 0 Å². The standard InChI is InChI=1S/C15H28N4/c1-6-19-12(3)13(11(2)17-19)9-18-8-7-14(16)15(4,5)10-18/h14H,6-10,16H2,1-5H3. The second kappa shape index (κ2) is 5.25. The van der Waals surface area contributed by atoms with Gasteiger partial charge in [-0.1, -0.05) is 13.8 Å². The number of nitrogens with zero attached hydrogens (tertiary/aromatic N) is 3. The number of hydrogen-bond donors (Lipinski definition) is 1. The summed E-state index contributed by atoms with van der Waals surface area (Å²) in [5.74, 6) is 0. The van der Waals surface area contributed by atoms with Crippen LogP contribution < -0.4 is 5.73 Å². The second-order valence-electron chi connectivity index (χ2n) is 6.56. The first kappa shape index (κ1) is 14.5. The highest BCUT2D eigenvalue weighted by Crippen LogP contribution is 2.29. The zero-order chi connectivity index (χ0) is 14.2. The number of rotatable bonds is 3. The van der Waals surface area contributed by atoms with Gasteiger partial charge in [-0.15, -0.1) is 0 Å². The van der Waals surface area contributed by atoms with E-state index in [0.717, 1.165) is 32.6 Å². The molecule has 0 spiro atoms. The molecule has 2 rings (SSSR count). The van der Waals surface area contributed by atoms with Crippen molar-refractivity contribution < 1.29 is 0 Å². The number of piperidine rings is 1. The highest BCUT2D eigenvalue weighted by atomic mass is 15.3. The fourth-order valence-electron chi connectivity index (χ4n) is 3.11. The fourth-order valence-corrected chi connectivity index (χ4v) is 3.11. The summed E-state index contributed by atoms with van der Waals surface area (Å²) in [4.78, 5) is 2.53. The lowest BCUT2D eigenvalue weighted by Gasteiger charge is -2.42. The molecule has 0 amide bonds. The van der Waals surface area contributed by atoms with E-state index in [1.807, 2.05) is 0 Å². The van der Waals surface area contributed by atoms with E-state index in [4.69, 9.17) is 5.73 Å². The number of aromatic nitrogens is 2. The number of hydrogen-bond acceptors (Lipinski definition) is 3. The zero-order valence-electron chi connectivity index (χ0n) is 13.0. The van der Waals surface area contributed by atoms with Crippen LogP contribution >= 0.6 is 0 Å². The zero-order valence-corrected chi connectivity index (χ0v) is 13.0. The third-order valence-corrected chi connectivity index (χ3v) is 4.60. The number of likely N-dealkylation sites (tertiary alicyclic amines) is 1. The second-order valence-corrected chi connectivity index (χ2v) is 6.56. The molecule has 1 aromatic heterocycles. The summed E-state index contributed by atoms with van der Waals surface area (Å²) >= 11 is 0. The molecule has 108 valence electrons. The Kier molecular flexibility index (Phi) is 4.02. The summed E-state index contributed by atoms with van der Waals surface area (Å²) in [5, 5.41) is 4.61. The molecule has 4 nitrogen and oxygen atoms in total. The summed E-state index contributed by atoms with van der Waals surface area (Å²) in [7, 11) is 0. The molecule has 4 heteroatoms. The Balaban J connectivity index is 2.12. The van der Waals surface area contributed by atoms with E-state index in [9.17, 15) is 0 Å². The van der Waals surface area contributed by atoms with Crippen molar-refractivity contribution in [2.45, 2.75) is 60.2 Å². The Morgan fingerprint density at radius 1 is 1.37 bits per heavy atom. The maximum atomic E-state index is 6.21. The van der Waals surface area contributed by atoms with Gasteiger partial charge in [0.1, 0.15) is 0 Å². The smallest absolute Gasteiger partial charge is 0.0641 e. The molecule has 19 heavy (non-hydrogen) atoms. The van der Waals surface area contributed by atoms with Gasteiger partial charge in [0.2, 0.25) is 0 Å². The third kappa shape index (κ3) is 2.84. The van der Waals surface area contributed by atoms with Crippen LogP contribution in [0.2, 0.25) is 0 Å². The van der Waals surface area contributed by atoms with Crippen LogP contribution in [0.25, 0.3) is 0 Å². The van der Waals surface area contributed by atoms with Crippen LogP contribution in [0.15, 0.2) is 0 Å². The van der Waals surface area contributed by atoms with Crippen molar-refractivity contribution >= 4 is 0 Å². The maximum Gasteiger partial charge on any atom is 0.0641 e. The van der Waals surface area contributed by atoms with Crippen molar-refractivity contribution in [3.05, 3.63) is 17.0 Å². The van der Waals surface area contributed by atoms with Gasteiger partial charge < -0.3 is 5.73 Å². The molecule has 1 atom stereocenters. The number of nitrogens with two attached hydrogens (primary N) is 1. The van der Waals surface area contributed by atoms with Gasteiger partial charge in [-0.25, -0.2) is 0 Å². The van der Waals surface area contributed by atoms with E-state index < -0.39 is 0 Å². The van der Waals surface area contributed by atoms with Crippen molar-refractivity contribution in [2.24, 2.45) is 11.1 Å². The Morgan fingerprint density at radius 2 is 2.05 bits per heavy atom. The van der Waals surface area contributed by atoms with Gasteiger partial charge in [0, 0.05) is 43.5 Å². The molecule has 2 N–H and O–H groups in total. The Bertz CT molecular complexity index is 447. The molecule has 1 fully saturated rings. The van der Waals surface area contributed by atoms with Crippen molar-refractivity contribution in [1.82, 2.24) is 14.7 Å². The molecule has 0 saturated carbocycles. The van der Waals surface area contributed by atoms with Gasteiger partial charge in [0.15, 0.2) is 0 Å². The molecule has 1 saturated heterocycles. The molecule has 0 aromatic carbocycles. The average molecular weight is 264 g/mol. The lowest BCUT2D eigenvalue weighted by molar-refractivity contribution is 0.0895. The maximum absolute atomic E-state index is 6.21. The minimum Gasteiger partial charge on any atom is -0.327 e. The predicted molar refractivity (Wildman–Crippen MR) is 79.0 cm³/mol. The average Bonchev–Trinajstić information content (AvgIpc) is 2.61. The quantitative estimate of drug-likeness (QED) is 0.909. The molecule has 0 bridgehead atoms. The van der Waals surface area contributed by atoms with Crippen LogP contribution in [0.1, 0.15) is 44.1 Å². The Hall–Kier alpha value is -0.870. The lowest BCUT2D eigenvalue weighted by atomic mass is 9.79. The van der Waals surface area contributed by atoms with Crippen LogP contribution in [-0.4, -0.2) is 33.8 Å². The van der Waals surface area contributed by atoms with Crippen molar-refractivity contribution in [3.63, 3.8) is 0 Å². The lowest BCUT2D eigenvalue weighted by Crippen LogP contribution is -2.52. The van der Waals surface area contributed by atoms with E-state index in [1.165, 1.54) is 17.0 Å². The first-order valence-electron chi connectivity index (χ1n) is 7.36. The van der Waals surface area contributed by atoms with E-state index in [0.29, 0.717) is 6.04 Å². The van der Waals surface area contributed by atoms with Gasteiger partial charge in [0.05, 0.1) is 5.69 Å². The van der Waals surface area contributed by atoms with Gasteiger partial charge in [-0.2, -0.15) is 5.10 Å². The van der Waals surface area contributed by atoms with Crippen molar-refractivity contribution in [3.8, 4) is 0 Å². The summed E-state index contributed by atoms with van der Waals surface area (Å²) in [6.45, 7) is 15.1. The fraction of sp³-hybridized carbons (Fsp3) is 0.800. The van der Waals surface area contributed by atoms with Gasteiger partial charge in [-0.05, 0) is 32.6 Å². The summed E-state index contributed by atoms with van der Waals surface area (Å²) in [6, 6.07) is 0.323. The predicted octanol–water partition coefficient (Wildman–Crippen LogP) is 2.08. The SMILES string of the molecule is CCn1nc(C)c(CN2CCC(N)C(C)(C)C2)c1C. The topological polar surface area (TPSA) is 47.1 Å². The Labute approximate surface area is 117 Å². The van der Waals surface area contributed by atoms with E-state index in [1.54, 1.807) is 0 Å². The molecule has 1 aromatic rings. The van der Waals surface area contributed by atoms with E-state index in [2.05, 4.69) is 49.3 Å². The van der Waals surface area contributed by atoms with Crippen LogP contribution in [0, 0.1) is 19.3 Å². The molecule has 0 aliphatic carbocycles. The van der Waals surface area contributed by atoms with Crippen LogP contribution in [0.3, 0.4) is 0 Å². The Morgan fingerprint density at radius 3 is 2.58 bits per heavy atom. The number of aryl methyl sites for hydroxylation is 2. The molecule has 1 unspecified atom stereocenters. The highest BCUT2D eigenvalue weighted by Gasteiger charge is 2.33. The third-order valence-electron chi connectivity index (χ3n) is 4.60. The van der Waals surface area contributed by atoms with Crippen LogP contribution in [0.4, 0.5) is 0 Å². The van der Waals surface area contributed by atoms with Crippen molar-refractivity contribution in [2.75, 3.05) is 13.1 Å². The van der Waals surface area contributed by atoms with Crippen LogP contribution in [0.5, 0.6) is 0 Å². The molecule has 2 heterocycles. The minimum absolute atomic E-state index is 0.209. The van der Waals surface area contributed by atoms with E-state index >= 15 is 0 Å². The highest BCUT2D eigenvalue weighted by molar-refractivity contribution is 5.24. The molecule has 1 aliphatic rings. The summed E-state index contributed by atoms with van der Waals surface area (Å²) in [5.41, 5.74) is 10.3. The van der Waals surface area contributed by atoms with Gasteiger partial charge in [-0.3, -0.25) is 9.58 Å². The first-order valence-corrected chi connectivity index (χ1v) is 7.36. The van der Waals surface area contributed by atoms with Gasteiger partial charge in [0.25, 0.3) is 0 Å². The summed E-state index contributed by atoms with van der Waals surface area (Å²) < 4.78 is 2.10. The first-order chi connectivity index (χ1) is 8.85. The molecule has 0 radical (unpaired) electrons.